The van der Waals surface area contributed by atoms with Gasteiger partial charge in [-0.2, -0.15) is 26.3 Å². The van der Waals surface area contributed by atoms with E-state index in [4.69, 9.17) is 5.11 Å². The van der Waals surface area contributed by atoms with Gasteiger partial charge in [0, 0.05) is 13.5 Å². The fraction of sp³-hybridized carbons (Fsp3) is 0.238. The van der Waals surface area contributed by atoms with Crippen molar-refractivity contribution in [2.45, 2.75) is 19.3 Å². The van der Waals surface area contributed by atoms with Crippen LogP contribution >= 0.6 is 0 Å². The molecule has 0 saturated carbocycles. The van der Waals surface area contributed by atoms with E-state index in [0.29, 0.717) is 18.7 Å². The van der Waals surface area contributed by atoms with Gasteiger partial charge in [-0.05, 0) is 41.5 Å². The molecule has 0 aliphatic carbocycles. The maximum Gasteiger partial charge on any atom is 0.416 e. The molecule has 0 radical (unpaired) electrons. The number of hydrogen-bond acceptors (Lipinski definition) is 3. The third-order valence-electron chi connectivity index (χ3n) is 3.76. The van der Waals surface area contributed by atoms with Crippen LogP contribution < -0.4 is 5.32 Å². The number of carboxylic acid groups (broad SMARTS) is 1. The molecule has 0 saturated heterocycles. The number of halogens is 6. The van der Waals surface area contributed by atoms with Crippen LogP contribution in [-0.2, 0) is 21.9 Å². The lowest BCUT2D eigenvalue weighted by Gasteiger charge is -2.09. The van der Waals surface area contributed by atoms with E-state index in [-0.39, 0.29) is 23.6 Å². The van der Waals surface area contributed by atoms with Crippen molar-refractivity contribution in [1.29, 1.82) is 0 Å². The molecule has 2 aromatic rings. The zero-order valence-electron chi connectivity index (χ0n) is 16.6. The molecule has 2 aromatic carbocycles. The van der Waals surface area contributed by atoms with Gasteiger partial charge < -0.3 is 15.5 Å². The average molecular weight is 463 g/mol. The minimum absolute atomic E-state index is 0.0135. The van der Waals surface area contributed by atoms with Crippen LogP contribution in [0.25, 0.3) is 11.6 Å². The van der Waals surface area contributed by atoms with Gasteiger partial charge in [0.25, 0.3) is 0 Å². The Kier molecular flexibility index (Phi) is 9.45. The Morgan fingerprint density at radius 3 is 1.91 bits per heavy atom. The highest BCUT2D eigenvalue weighted by molar-refractivity contribution is 6.20. The molecule has 0 heterocycles. The van der Waals surface area contributed by atoms with Crippen molar-refractivity contribution in [3.8, 4) is 0 Å². The number of aliphatic hydroxyl groups excluding tert-OH is 1. The molecule has 1 amide bonds. The van der Waals surface area contributed by atoms with E-state index < -0.39 is 35.0 Å². The first kappa shape index (κ1) is 26.7. The molecular formula is C21H19F6NO4. The summed E-state index contributed by atoms with van der Waals surface area (Å²) < 4.78 is 75.7. The highest BCUT2D eigenvalue weighted by Crippen LogP contribution is 2.32. The largest absolute Gasteiger partial charge is 0.478 e. The summed E-state index contributed by atoms with van der Waals surface area (Å²) in [5, 5.41) is 19.7. The Morgan fingerprint density at radius 1 is 0.938 bits per heavy atom. The van der Waals surface area contributed by atoms with Crippen LogP contribution in [0.15, 0.2) is 48.5 Å². The zero-order chi connectivity index (χ0) is 24.5. The van der Waals surface area contributed by atoms with E-state index in [1.165, 1.54) is 13.0 Å². The first-order valence-electron chi connectivity index (χ1n) is 8.91. The number of hydrogen-bond donors (Lipinski definition) is 3. The average Bonchev–Trinajstić information content (AvgIpc) is 2.70. The Bertz CT molecular complexity index is 950. The molecule has 11 heteroatoms. The molecule has 0 fully saturated rings. The highest BCUT2D eigenvalue weighted by atomic mass is 19.4. The highest BCUT2D eigenvalue weighted by Gasteiger charge is 2.31. The molecule has 32 heavy (non-hydrogen) atoms. The van der Waals surface area contributed by atoms with E-state index in [1.807, 2.05) is 0 Å². The van der Waals surface area contributed by atoms with Gasteiger partial charge in [-0.25, -0.2) is 4.79 Å². The number of nitrogens with one attached hydrogen (secondary N) is 1. The Balaban J connectivity index is 0.000000633. The SMILES string of the molecule is CC(=O)NCCO.O=C(O)C(=Cc1cccc(C(F)(F)F)c1)c1ccc(C(F)(F)F)cc1. The lowest BCUT2D eigenvalue weighted by molar-refractivity contribution is -0.138. The minimum Gasteiger partial charge on any atom is -0.478 e. The standard InChI is InChI=1S/C17H10F6O2.C4H9NO2/c18-16(19,20)12-6-4-11(5-7-12)14(15(24)25)9-10-2-1-3-13(8-10)17(21,22)23;1-4(7)5-2-3-6/h1-9H,(H,24,25);6H,2-3H2,1H3,(H,5,7). The fourth-order valence-electron chi connectivity index (χ4n) is 2.31. The molecule has 0 spiro atoms. The van der Waals surface area contributed by atoms with Gasteiger partial charge in [0.05, 0.1) is 23.3 Å². The normalized spacial score (nSPS) is 11.9. The third kappa shape index (κ3) is 8.80. The molecule has 5 nitrogen and oxygen atoms in total. The van der Waals surface area contributed by atoms with E-state index in [0.717, 1.165) is 36.4 Å². The number of rotatable bonds is 5. The van der Waals surface area contributed by atoms with Gasteiger partial charge in [0.15, 0.2) is 0 Å². The molecule has 0 aliphatic heterocycles. The lowest BCUT2D eigenvalue weighted by Crippen LogP contribution is -2.22. The van der Waals surface area contributed by atoms with Crippen molar-refractivity contribution in [3.63, 3.8) is 0 Å². The van der Waals surface area contributed by atoms with Crippen LogP contribution in [0.1, 0.15) is 29.2 Å². The molecule has 0 aromatic heterocycles. The smallest absolute Gasteiger partial charge is 0.416 e. The summed E-state index contributed by atoms with van der Waals surface area (Å²) in [5.74, 6) is -1.58. The van der Waals surface area contributed by atoms with E-state index in [9.17, 15) is 41.0 Å². The number of carbonyl (C=O) groups is 2. The summed E-state index contributed by atoms with van der Waals surface area (Å²) in [6.45, 7) is 1.78. The molecule has 0 atom stereocenters. The number of aliphatic carboxylic acids is 1. The Hall–Kier alpha value is -3.34. The number of aliphatic hydroxyl groups is 1. The van der Waals surface area contributed by atoms with Crippen molar-refractivity contribution >= 4 is 23.5 Å². The van der Waals surface area contributed by atoms with Crippen LogP contribution in [-0.4, -0.2) is 35.2 Å². The fourth-order valence-corrected chi connectivity index (χ4v) is 2.31. The topological polar surface area (TPSA) is 86.6 Å². The molecule has 0 bridgehead atoms. The Morgan fingerprint density at radius 2 is 1.50 bits per heavy atom. The van der Waals surface area contributed by atoms with Crippen LogP contribution in [0.4, 0.5) is 26.3 Å². The van der Waals surface area contributed by atoms with Crippen molar-refractivity contribution in [3.05, 3.63) is 70.8 Å². The monoisotopic (exact) mass is 463 g/mol. The van der Waals surface area contributed by atoms with Crippen molar-refractivity contribution in [1.82, 2.24) is 5.32 Å². The van der Waals surface area contributed by atoms with Gasteiger partial charge in [0.1, 0.15) is 0 Å². The number of alkyl halides is 6. The van der Waals surface area contributed by atoms with E-state index in [1.54, 1.807) is 0 Å². The second kappa shape index (κ2) is 11.3. The molecule has 0 unspecified atom stereocenters. The summed E-state index contributed by atoms with van der Waals surface area (Å²) in [5.41, 5.74) is -2.43. The summed E-state index contributed by atoms with van der Waals surface area (Å²) in [6, 6.07) is 7.29. The van der Waals surface area contributed by atoms with Crippen molar-refractivity contribution in [2.75, 3.05) is 13.2 Å². The summed E-state index contributed by atoms with van der Waals surface area (Å²) in [6.07, 6.45) is -8.20. The lowest BCUT2D eigenvalue weighted by atomic mass is 10.0. The van der Waals surface area contributed by atoms with Gasteiger partial charge in [0.2, 0.25) is 5.91 Å². The summed E-state index contributed by atoms with van der Waals surface area (Å²) in [4.78, 5) is 21.3. The van der Waals surface area contributed by atoms with Crippen LogP contribution in [0.5, 0.6) is 0 Å². The number of benzene rings is 2. The first-order valence-corrected chi connectivity index (χ1v) is 8.91. The van der Waals surface area contributed by atoms with Crippen LogP contribution in [0.2, 0.25) is 0 Å². The maximum absolute atomic E-state index is 12.7. The zero-order valence-corrected chi connectivity index (χ0v) is 16.6. The summed E-state index contributed by atoms with van der Waals surface area (Å²) >= 11 is 0. The molecular weight excluding hydrogens is 444 g/mol. The van der Waals surface area contributed by atoms with Gasteiger partial charge in [-0.1, -0.05) is 24.3 Å². The van der Waals surface area contributed by atoms with Crippen molar-refractivity contribution < 1.29 is 46.1 Å². The van der Waals surface area contributed by atoms with Gasteiger partial charge in [-0.3, -0.25) is 4.79 Å². The van der Waals surface area contributed by atoms with Gasteiger partial charge >= 0.3 is 18.3 Å². The minimum atomic E-state index is -4.60. The summed E-state index contributed by atoms with van der Waals surface area (Å²) in [7, 11) is 0. The molecule has 2 rings (SSSR count). The van der Waals surface area contributed by atoms with Crippen LogP contribution in [0, 0.1) is 0 Å². The third-order valence-corrected chi connectivity index (χ3v) is 3.76. The van der Waals surface area contributed by atoms with Crippen molar-refractivity contribution in [2.24, 2.45) is 0 Å². The first-order chi connectivity index (χ1) is 14.8. The maximum atomic E-state index is 12.7. The van der Waals surface area contributed by atoms with Gasteiger partial charge in [-0.15, -0.1) is 0 Å². The second-order valence-corrected chi connectivity index (χ2v) is 6.27. The number of carboxylic acids is 1. The van der Waals surface area contributed by atoms with E-state index >= 15 is 0 Å². The Labute approximate surface area is 179 Å². The predicted octanol–water partition coefficient (Wildman–Crippen LogP) is 4.46. The van der Waals surface area contributed by atoms with E-state index in [2.05, 4.69) is 5.32 Å². The molecule has 0 aliphatic rings. The number of carbonyl (C=O) groups excluding carboxylic acids is 1. The molecule has 174 valence electrons. The second-order valence-electron chi connectivity index (χ2n) is 6.27. The number of amides is 1. The molecule has 3 N–H and O–H groups in total. The quantitative estimate of drug-likeness (QED) is 0.347. The van der Waals surface area contributed by atoms with Crippen LogP contribution in [0.3, 0.4) is 0 Å². The predicted molar refractivity (Wildman–Crippen MR) is 104 cm³/mol.